The molecule has 0 radical (unpaired) electrons. The van der Waals surface area contributed by atoms with Crippen molar-refractivity contribution in [2.75, 3.05) is 33.4 Å². The molecule has 0 bridgehead atoms. The van der Waals surface area contributed by atoms with Gasteiger partial charge >= 0.3 is 0 Å². The minimum absolute atomic E-state index is 0. The maximum atomic E-state index is 12.8. The van der Waals surface area contributed by atoms with Gasteiger partial charge in [-0.25, -0.2) is 0 Å². The van der Waals surface area contributed by atoms with E-state index in [9.17, 15) is 4.79 Å². The lowest BCUT2D eigenvalue weighted by Crippen LogP contribution is -2.33. The van der Waals surface area contributed by atoms with Gasteiger partial charge in [-0.15, -0.1) is 24.8 Å². The first-order valence-corrected chi connectivity index (χ1v) is 9.00. The van der Waals surface area contributed by atoms with Crippen molar-refractivity contribution in [3.05, 3.63) is 40.6 Å². The molecule has 0 atom stereocenters. The third-order valence-corrected chi connectivity index (χ3v) is 4.58. The van der Waals surface area contributed by atoms with Gasteiger partial charge in [0.1, 0.15) is 0 Å². The van der Waals surface area contributed by atoms with E-state index in [4.69, 9.17) is 9.72 Å². The minimum Gasteiger partial charge on any atom is -0.383 e. The zero-order valence-electron chi connectivity index (χ0n) is 16.1. The predicted molar refractivity (Wildman–Crippen MR) is 115 cm³/mol. The van der Waals surface area contributed by atoms with Crippen molar-refractivity contribution in [3.63, 3.8) is 0 Å². The number of halogens is 2. The summed E-state index contributed by atoms with van der Waals surface area (Å²) in [7, 11) is 1.68. The first kappa shape index (κ1) is 23.6. The monoisotopic (exact) mass is 413 g/mol. The van der Waals surface area contributed by atoms with Crippen molar-refractivity contribution < 1.29 is 9.53 Å². The minimum atomic E-state index is -0.0205. The molecule has 27 heavy (non-hydrogen) atoms. The fraction of sp³-hybridized carbons (Fsp3) is 0.500. The molecular formula is C20H29Cl2N3O2. The molecule has 0 unspecified atom stereocenters. The number of carbonyl (C=O) groups excluding carboxylic acids is 1. The summed E-state index contributed by atoms with van der Waals surface area (Å²) in [6, 6.07) is 6.19. The van der Waals surface area contributed by atoms with Crippen molar-refractivity contribution in [1.29, 1.82) is 0 Å². The number of nitrogens with zero attached hydrogens (tertiary/aromatic N) is 1. The van der Waals surface area contributed by atoms with Crippen LogP contribution in [0.2, 0.25) is 0 Å². The third-order valence-electron chi connectivity index (χ3n) is 4.58. The topological polar surface area (TPSA) is 63.2 Å². The summed E-state index contributed by atoms with van der Waals surface area (Å²) in [5, 5.41) is 7.21. The summed E-state index contributed by atoms with van der Waals surface area (Å²) < 4.78 is 4.99. The number of nitrogens with one attached hydrogen (secondary N) is 2. The molecule has 2 aromatic rings. The van der Waals surface area contributed by atoms with E-state index in [0.29, 0.717) is 19.1 Å². The van der Waals surface area contributed by atoms with Crippen LogP contribution in [0.1, 0.15) is 45.9 Å². The summed E-state index contributed by atoms with van der Waals surface area (Å²) in [5.74, 6) is 0.500. The fourth-order valence-electron chi connectivity index (χ4n) is 3.14. The molecule has 7 heteroatoms. The fourth-order valence-corrected chi connectivity index (χ4v) is 3.14. The number of fused-ring (bicyclic) bond motifs is 1. The lowest BCUT2D eigenvalue weighted by Gasteiger charge is -2.13. The number of pyridine rings is 1. The number of methoxy groups -OCH3 is 1. The van der Waals surface area contributed by atoms with Crippen LogP contribution < -0.4 is 10.6 Å². The van der Waals surface area contributed by atoms with Crippen LogP contribution in [0, 0.1) is 13.8 Å². The highest BCUT2D eigenvalue weighted by atomic mass is 35.5. The van der Waals surface area contributed by atoms with Crippen molar-refractivity contribution >= 4 is 41.6 Å². The molecule has 3 rings (SSSR count). The van der Waals surface area contributed by atoms with Crippen LogP contribution >= 0.6 is 24.8 Å². The molecule has 1 amide bonds. The van der Waals surface area contributed by atoms with Gasteiger partial charge in [0, 0.05) is 43.7 Å². The number of rotatable bonds is 8. The molecule has 1 fully saturated rings. The molecule has 5 nitrogen and oxygen atoms in total. The van der Waals surface area contributed by atoms with Crippen LogP contribution in [0.25, 0.3) is 10.9 Å². The van der Waals surface area contributed by atoms with Gasteiger partial charge in [0.2, 0.25) is 0 Å². The standard InChI is InChI=1S/C20H27N3O2.2ClH/c1-13-10-14(2)19-16(11-13)17(12-18(23-19)15-4-5-15)20(24)22-7-6-21-8-9-25-3;;/h10-12,15,21H,4-9H2,1-3H3,(H,22,24);2*1H. The van der Waals surface area contributed by atoms with Gasteiger partial charge in [0.25, 0.3) is 5.91 Å². The Bertz CT molecular complexity index is 779. The zero-order chi connectivity index (χ0) is 17.8. The Labute approximate surface area is 173 Å². The Morgan fingerprint density at radius 3 is 2.56 bits per heavy atom. The highest BCUT2D eigenvalue weighted by molar-refractivity contribution is 6.07. The first-order valence-electron chi connectivity index (χ1n) is 9.00. The van der Waals surface area contributed by atoms with Crippen LogP contribution in [0.4, 0.5) is 0 Å². The molecule has 0 spiro atoms. The van der Waals surface area contributed by atoms with E-state index in [1.807, 2.05) is 6.07 Å². The Kier molecular flexibility index (Phi) is 9.47. The van der Waals surface area contributed by atoms with Crippen molar-refractivity contribution in [2.45, 2.75) is 32.6 Å². The van der Waals surface area contributed by atoms with Crippen molar-refractivity contribution in [1.82, 2.24) is 15.6 Å². The highest BCUT2D eigenvalue weighted by Gasteiger charge is 2.27. The van der Waals surface area contributed by atoms with Crippen molar-refractivity contribution in [2.24, 2.45) is 0 Å². The van der Waals surface area contributed by atoms with Gasteiger partial charge in [-0.3, -0.25) is 9.78 Å². The van der Waals surface area contributed by atoms with E-state index in [1.165, 1.54) is 12.8 Å². The number of aromatic nitrogens is 1. The average Bonchev–Trinajstić information content (AvgIpc) is 3.42. The van der Waals surface area contributed by atoms with E-state index in [-0.39, 0.29) is 30.7 Å². The quantitative estimate of drug-likeness (QED) is 0.649. The number of ether oxygens (including phenoxy) is 1. The number of amides is 1. The number of carbonyl (C=O) groups is 1. The molecule has 1 aromatic heterocycles. The third kappa shape index (κ3) is 6.04. The summed E-state index contributed by atoms with van der Waals surface area (Å²) in [6.07, 6.45) is 2.35. The molecule has 2 N–H and O–H groups in total. The maximum absolute atomic E-state index is 12.8. The molecule has 0 aliphatic heterocycles. The van der Waals surface area contributed by atoms with Gasteiger partial charge < -0.3 is 15.4 Å². The Morgan fingerprint density at radius 2 is 1.89 bits per heavy atom. The highest BCUT2D eigenvalue weighted by Crippen LogP contribution is 2.40. The van der Waals surface area contributed by atoms with Crippen LogP contribution in [-0.2, 0) is 4.74 Å². The van der Waals surface area contributed by atoms with Gasteiger partial charge in [-0.2, -0.15) is 0 Å². The van der Waals surface area contributed by atoms with E-state index >= 15 is 0 Å². The molecule has 1 aliphatic rings. The first-order chi connectivity index (χ1) is 12.1. The molecule has 150 valence electrons. The Balaban J connectivity index is 0.00000182. The summed E-state index contributed by atoms with van der Waals surface area (Å²) in [5.41, 5.74) is 5.05. The van der Waals surface area contributed by atoms with Gasteiger partial charge in [-0.05, 0) is 44.4 Å². The molecule has 1 saturated carbocycles. The smallest absolute Gasteiger partial charge is 0.252 e. The molecule has 1 aliphatic carbocycles. The van der Waals surface area contributed by atoms with Gasteiger partial charge in [0.15, 0.2) is 0 Å². The van der Waals surface area contributed by atoms with Crippen LogP contribution in [0.5, 0.6) is 0 Å². The zero-order valence-corrected chi connectivity index (χ0v) is 17.8. The lowest BCUT2D eigenvalue weighted by atomic mass is 10.00. The predicted octanol–water partition coefficient (Wildman–Crippen LogP) is 3.54. The summed E-state index contributed by atoms with van der Waals surface area (Å²) in [4.78, 5) is 17.6. The second-order valence-electron chi connectivity index (χ2n) is 6.85. The van der Waals surface area contributed by atoms with Crippen LogP contribution in [0.15, 0.2) is 18.2 Å². The summed E-state index contributed by atoms with van der Waals surface area (Å²) in [6.45, 7) is 6.91. The van der Waals surface area contributed by atoms with Gasteiger partial charge in [-0.1, -0.05) is 11.6 Å². The molecule has 1 heterocycles. The molecular weight excluding hydrogens is 385 g/mol. The lowest BCUT2D eigenvalue weighted by molar-refractivity contribution is 0.0955. The second kappa shape index (κ2) is 10.8. The van der Waals surface area contributed by atoms with E-state index in [1.54, 1.807) is 7.11 Å². The number of hydrogen-bond acceptors (Lipinski definition) is 4. The summed E-state index contributed by atoms with van der Waals surface area (Å²) >= 11 is 0. The van der Waals surface area contributed by atoms with E-state index in [2.05, 4.69) is 36.6 Å². The second-order valence-corrected chi connectivity index (χ2v) is 6.85. The number of benzene rings is 1. The SMILES string of the molecule is COCCNCCNC(=O)c1cc(C2CC2)nc2c(C)cc(C)cc12.Cl.Cl. The number of aryl methyl sites for hydroxylation is 2. The average molecular weight is 414 g/mol. The van der Waals surface area contributed by atoms with Crippen molar-refractivity contribution in [3.8, 4) is 0 Å². The van der Waals surface area contributed by atoms with Crippen LogP contribution in [-0.4, -0.2) is 44.2 Å². The van der Waals surface area contributed by atoms with Crippen LogP contribution in [0.3, 0.4) is 0 Å². The van der Waals surface area contributed by atoms with E-state index in [0.717, 1.165) is 46.4 Å². The molecule has 1 aromatic carbocycles. The largest absolute Gasteiger partial charge is 0.383 e. The normalized spacial score (nSPS) is 13.0. The Hall–Kier alpha value is -1.40. The Morgan fingerprint density at radius 1 is 1.15 bits per heavy atom. The van der Waals surface area contributed by atoms with Gasteiger partial charge in [0.05, 0.1) is 17.7 Å². The maximum Gasteiger partial charge on any atom is 0.252 e. The molecule has 0 saturated heterocycles. The number of hydrogen-bond donors (Lipinski definition) is 2. The van der Waals surface area contributed by atoms with E-state index < -0.39 is 0 Å².